The van der Waals surface area contributed by atoms with E-state index < -0.39 is 9.84 Å². The zero-order valence-corrected chi connectivity index (χ0v) is 16.6. The molecule has 0 saturated heterocycles. The molecule has 1 aromatic heterocycles. The summed E-state index contributed by atoms with van der Waals surface area (Å²) in [4.78, 5) is 16.3. The van der Waals surface area contributed by atoms with Crippen LogP contribution in [0.1, 0.15) is 12.5 Å². The highest BCUT2D eigenvalue weighted by Gasteiger charge is 2.17. The number of carbonyl (C=O) groups excluding carboxylic acids is 1. The van der Waals surface area contributed by atoms with E-state index in [1.165, 1.54) is 30.3 Å². The SMILES string of the molecule is CCOc1ccc(S(=O)(=O)c2ccc(NC(=O)/C=C/c3cccnc3)cc2)cc1. The number of rotatable bonds is 7. The van der Waals surface area contributed by atoms with Gasteiger partial charge in [0.1, 0.15) is 5.75 Å². The van der Waals surface area contributed by atoms with Gasteiger partial charge in [-0.1, -0.05) is 6.07 Å². The molecule has 0 radical (unpaired) electrons. The summed E-state index contributed by atoms with van der Waals surface area (Å²) in [5.74, 6) is 0.292. The number of pyridine rings is 1. The predicted molar refractivity (Wildman–Crippen MR) is 111 cm³/mol. The van der Waals surface area contributed by atoms with E-state index in [2.05, 4.69) is 10.3 Å². The summed E-state index contributed by atoms with van der Waals surface area (Å²) in [5.41, 5.74) is 1.30. The molecule has 0 unspecified atom stereocenters. The van der Waals surface area contributed by atoms with Gasteiger partial charge in [-0.25, -0.2) is 8.42 Å². The van der Waals surface area contributed by atoms with Gasteiger partial charge in [-0.05, 0) is 73.2 Å². The molecule has 1 heterocycles. The van der Waals surface area contributed by atoms with Crippen molar-refractivity contribution in [2.24, 2.45) is 0 Å². The van der Waals surface area contributed by atoms with Crippen molar-refractivity contribution in [2.45, 2.75) is 16.7 Å². The number of carbonyl (C=O) groups is 1. The molecule has 148 valence electrons. The summed E-state index contributed by atoms with van der Waals surface area (Å²) in [6.45, 7) is 2.37. The van der Waals surface area contributed by atoms with E-state index in [9.17, 15) is 13.2 Å². The lowest BCUT2D eigenvalue weighted by Gasteiger charge is -2.08. The molecule has 0 aliphatic rings. The second-order valence-electron chi connectivity index (χ2n) is 6.04. The first kappa shape index (κ1) is 20.3. The smallest absolute Gasteiger partial charge is 0.248 e. The van der Waals surface area contributed by atoms with Crippen LogP contribution in [-0.2, 0) is 14.6 Å². The third-order valence-corrected chi connectivity index (χ3v) is 5.77. The lowest BCUT2D eigenvalue weighted by Crippen LogP contribution is -2.08. The van der Waals surface area contributed by atoms with Gasteiger partial charge in [-0.2, -0.15) is 0 Å². The first-order valence-electron chi connectivity index (χ1n) is 8.96. The Bertz CT molecular complexity index is 1090. The quantitative estimate of drug-likeness (QED) is 0.598. The van der Waals surface area contributed by atoms with E-state index in [0.29, 0.717) is 18.0 Å². The van der Waals surface area contributed by atoms with E-state index in [-0.39, 0.29) is 15.7 Å². The Morgan fingerprint density at radius 3 is 2.28 bits per heavy atom. The maximum Gasteiger partial charge on any atom is 0.248 e. The van der Waals surface area contributed by atoms with Gasteiger partial charge in [0.25, 0.3) is 0 Å². The molecule has 1 amide bonds. The molecule has 0 fully saturated rings. The van der Waals surface area contributed by atoms with Crippen LogP contribution in [0.2, 0.25) is 0 Å². The Balaban J connectivity index is 1.69. The van der Waals surface area contributed by atoms with Gasteiger partial charge < -0.3 is 10.1 Å². The minimum atomic E-state index is -3.65. The Morgan fingerprint density at radius 2 is 1.69 bits per heavy atom. The van der Waals surface area contributed by atoms with Crippen LogP contribution in [0.5, 0.6) is 5.75 Å². The van der Waals surface area contributed by atoms with E-state index in [0.717, 1.165) is 5.56 Å². The first-order valence-corrected chi connectivity index (χ1v) is 10.4. The molecule has 29 heavy (non-hydrogen) atoms. The van der Waals surface area contributed by atoms with Crippen LogP contribution in [0.4, 0.5) is 5.69 Å². The first-order chi connectivity index (χ1) is 14.0. The number of anilines is 1. The number of hydrogen-bond acceptors (Lipinski definition) is 5. The molecule has 7 heteroatoms. The summed E-state index contributed by atoms with van der Waals surface area (Å²) in [7, 11) is -3.65. The summed E-state index contributed by atoms with van der Waals surface area (Å²) in [6.07, 6.45) is 6.33. The van der Waals surface area contributed by atoms with Crippen molar-refractivity contribution < 1.29 is 17.9 Å². The largest absolute Gasteiger partial charge is 0.494 e. The third-order valence-electron chi connectivity index (χ3n) is 3.99. The number of ether oxygens (including phenoxy) is 1. The topological polar surface area (TPSA) is 85.4 Å². The van der Waals surface area contributed by atoms with Gasteiger partial charge in [-0.3, -0.25) is 9.78 Å². The minimum Gasteiger partial charge on any atom is -0.494 e. The zero-order valence-electron chi connectivity index (χ0n) is 15.8. The maximum absolute atomic E-state index is 12.8. The second kappa shape index (κ2) is 9.16. The number of benzene rings is 2. The highest BCUT2D eigenvalue weighted by atomic mass is 32.2. The van der Waals surface area contributed by atoms with Crippen LogP contribution < -0.4 is 10.1 Å². The van der Waals surface area contributed by atoms with Gasteiger partial charge in [0, 0.05) is 24.2 Å². The van der Waals surface area contributed by atoms with Crippen molar-refractivity contribution in [2.75, 3.05) is 11.9 Å². The molecule has 3 aromatic rings. The van der Waals surface area contributed by atoms with E-state index in [4.69, 9.17) is 4.74 Å². The van der Waals surface area contributed by atoms with Crippen molar-refractivity contribution in [3.05, 3.63) is 84.7 Å². The minimum absolute atomic E-state index is 0.144. The Labute approximate surface area is 169 Å². The van der Waals surface area contributed by atoms with Crippen molar-refractivity contribution in [1.29, 1.82) is 0 Å². The van der Waals surface area contributed by atoms with Gasteiger partial charge in [-0.15, -0.1) is 0 Å². The van der Waals surface area contributed by atoms with Crippen molar-refractivity contribution in [1.82, 2.24) is 4.98 Å². The Hall–Kier alpha value is -3.45. The van der Waals surface area contributed by atoms with E-state index >= 15 is 0 Å². The van der Waals surface area contributed by atoms with Crippen LogP contribution in [0, 0.1) is 0 Å². The predicted octanol–water partition coefficient (Wildman–Crippen LogP) is 3.97. The summed E-state index contributed by atoms with van der Waals surface area (Å²) in [5, 5.41) is 2.69. The number of nitrogens with zero attached hydrogens (tertiary/aromatic N) is 1. The molecule has 0 atom stereocenters. The molecular formula is C22H20N2O4S. The number of hydrogen-bond donors (Lipinski definition) is 1. The lowest BCUT2D eigenvalue weighted by molar-refractivity contribution is -0.111. The van der Waals surface area contributed by atoms with Gasteiger partial charge in [0.15, 0.2) is 0 Å². The molecular weight excluding hydrogens is 388 g/mol. The molecule has 0 spiro atoms. The standard InChI is InChI=1S/C22H20N2O4S/c1-2-28-19-8-12-21(13-9-19)29(26,27)20-10-6-18(7-11-20)24-22(25)14-5-17-4-3-15-23-16-17/h3-16H,2H2,1H3,(H,24,25)/b14-5+. The van der Waals surface area contributed by atoms with Crippen LogP contribution in [0.3, 0.4) is 0 Å². The number of aromatic nitrogens is 1. The Kier molecular flexibility index (Phi) is 6.41. The van der Waals surface area contributed by atoms with Gasteiger partial charge in [0.2, 0.25) is 15.7 Å². The van der Waals surface area contributed by atoms with Crippen molar-refractivity contribution in [3.63, 3.8) is 0 Å². The number of nitrogens with one attached hydrogen (secondary N) is 1. The molecule has 3 rings (SSSR count). The third kappa shape index (κ3) is 5.30. The van der Waals surface area contributed by atoms with Crippen LogP contribution >= 0.6 is 0 Å². The fourth-order valence-corrected chi connectivity index (χ4v) is 3.83. The zero-order chi connectivity index (χ0) is 20.7. The average molecular weight is 408 g/mol. The van der Waals surface area contributed by atoms with E-state index in [1.807, 2.05) is 13.0 Å². The highest BCUT2D eigenvalue weighted by molar-refractivity contribution is 7.91. The van der Waals surface area contributed by atoms with Gasteiger partial charge >= 0.3 is 0 Å². The van der Waals surface area contributed by atoms with Gasteiger partial charge in [0.05, 0.1) is 16.4 Å². The Morgan fingerprint density at radius 1 is 1.03 bits per heavy atom. The molecule has 6 nitrogen and oxygen atoms in total. The summed E-state index contributed by atoms with van der Waals surface area (Å²) in [6, 6.07) is 15.9. The average Bonchev–Trinajstić information content (AvgIpc) is 2.74. The lowest BCUT2D eigenvalue weighted by atomic mass is 10.2. The molecule has 0 aliphatic carbocycles. The fourth-order valence-electron chi connectivity index (χ4n) is 2.57. The summed E-state index contributed by atoms with van der Waals surface area (Å²) < 4.78 is 30.8. The van der Waals surface area contributed by atoms with Crippen LogP contribution in [0.25, 0.3) is 6.08 Å². The second-order valence-corrected chi connectivity index (χ2v) is 7.99. The normalized spacial score (nSPS) is 11.3. The van der Waals surface area contributed by atoms with Crippen molar-refractivity contribution in [3.8, 4) is 5.75 Å². The fraction of sp³-hybridized carbons (Fsp3) is 0.0909. The summed E-state index contributed by atoms with van der Waals surface area (Å²) >= 11 is 0. The highest BCUT2D eigenvalue weighted by Crippen LogP contribution is 2.24. The van der Waals surface area contributed by atoms with Crippen LogP contribution in [-0.4, -0.2) is 25.9 Å². The molecule has 0 aliphatic heterocycles. The maximum atomic E-state index is 12.8. The molecule has 2 aromatic carbocycles. The molecule has 0 bridgehead atoms. The molecule has 0 saturated carbocycles. The van der Waals surface area contributed by atoms with E-state index in [1.54, 1.807) is 48.8 Å². The van der Waals surface area contributed by atoms with Crippen molar-refractivity contribution >= 4 is 27.5 Å². The monoisotopic (exact) mass is 408 g/mol. The number of sulfone groups is 1. The molecule has 1 N–H and O–H groups in total. The number of amides is 1. The van der Waals surface area contributed by atoms with Crippen LogP contribution in [0.15, 0.2) is 88.9 Å².